The van der Waals surface area contributed by atoms with Gasteiger partial charge in [-0.3, -0.25) is 19.1 Å². The minimum Gasteiger partial charge on any atom is -0.447 e. The third kappa shape index (κ3) is 3.74. The van der Waals surface area contributed by atoms with Gasteiger partial charge >= 0.3 is 11.0 Å². The van der Waals surface area contributed by atoms with Crippen LogP contribution < -0.4 is 15.1 Å². The lowest BCUT2D eigenvalue weighted by Crippen LogP contribution is -2.33. The Balaban J connectivity index is 1.68. The molecule has 0 saturated carbocycles. The molecule has 3 rings (SSSR count). The van der Waals surface area contributed by atoms with Gasteiger partial charge in [0.15, 0.2) is 0 Å². The monoisotopic (exact) mass is 361 g/mol. The molecule has 2 amide bonds. The normalized spacial score (nSPS) is 15.1. The summed E-state index contributed by atoms with van der Waals surface area (Å²) in [5, 5.41) is 4.62. The van der Waals surface area contributed by atoms with Crippen molar-refractivity contribution in [1.82, 2.24) is 9.88 Å². The lowest BCUT2D eigenvalue weighted by molar-refractivity contribution is -0.122. The maximum absolute atomic E-state index is 12.2. The van der Waals surface area contributed by atoms with Crippen molar-refractivity contribution in [1.29, 1.82) is 0 Å². The summed E-state index contributed by atoms with van der Waals surface area (Å²) in [6.45, 7) is 4.56. The quantitative estimate of drug-likeness (QED) is 0.884. The number of carbonyl (C=O) groups is 2. The van der Waals surface area contributed by atoms with Gasteiger partial charge in [0.05, 0.1) is 12.6 Å². The van der Waals surface area contributed by atoms with Crippen molar-refractivity contribution < 1.29 is 14.3 Å². The second-order valence-corrected chi connectivity index (χ2v) is 6.70. The topological polar surface area (TPSA) is 80.6 Å². The van der Waals surface area contributed by atoms with Crippen molar-refractivity contribution in [3.05, 3.63) is 50.6 Å². The number of hydrogen-bond donors (Lipinski definition) is 1. The molecule has 8 heteroatoms. The predicted molar refractivity (Wildman–Crippen MR) is 95.0 cm³/mol. The molecule has 1 N–H and O–H groups in total. The number of aryl methyl sites for hydroxylation is 1. The van der Waals surface area contributed by atoms with Gasteiger partial charge in [-0.2, -0.15) is 0 Å². The summed E-state index contributed by atoms with van der Waals surface area (Å²) < 4.78 is 6.40. The third-order valence-electron chi connectivity index (χ3n) is 4.10. The molecule has 2 aromatic rings. The fourth-order valence-electron chi connectivity index (χ4n) is 2.70. The van der Waals surface area contributed by atoms with Crippen LogP contribution in [0, 0.1) is 6.92 Å². The summed E-state index contributed by atoms with van der Waals surface area (Å²) in [7, 11) is 0. The first kappa shape index (κ1) is 17.2. The fourth-order valence-corrected chi connectivity index (χ4v) is 3.43. The Labute approximate surface area is 148 Å². The first-order valence-electron chi connectivity index (χ1n) is 7.94. The molecule has 0 bridgehead atoms. The number of rotatable bonds is 5. The number of carbonyl (C=O) groups excluding carboxylic acids is 2. The summed E-state index contributed by atoms with van der Waals surface area (Å²) in [5.41, 5.74) is 2.39. The Hall–Kier alpha value is -2.61. The van der Waals surface area contributed by atoms with Gasteiger partial charge in [0.1, 0.15) is 13.2 Å². The van der Waals surface area contributed by atoms with E-state index in [1.54, 1.807) is 17.2 Å². The van der Waals surface area contributed by atoms with Crippen LogP contribution in [0.5, 0.6) is 0 Å². The molecule has 25 heavy (non-hydrogen) atoms. The van der Waals surface area contributed by atoms with Gasteiger partial charge in [-0.25, -0.2) is 4.79 Å². The molecule has 0 spiro atoms. The van der Waals surface area contributed by atoms with Gasteiger partial charge in [0, 0.05) is 16.8 Å². The van der Waals surface area contributed by atoms with Crippen molar-refractivity contribution in [2.75, 3.05) is 18.1 Å². The summed E-state index contributed by atoms with van der Waals surface area (Å²) >= 11 is 1.08. The molecule has 0 radical (unpaired) electrons. The minimum absolute atomic E-state index is 0.00333. The van der Waals surface area contributed by atoms with E-state index < -0.39 is 0 Å². The van der Waals surface area contributed by atoms with Crippen molar-refractivity contribution in [2.24, 2.45) is 0 Å². The van der Waals surface area contributed by atoms with E-state index in [2.05, 4.69) is 5.32 Å². The van der Waals surface area contributed by atoms with Crippen molar-refractivity contribution >= 4 is 29.0 Å². The van der Waals surface area contributed by atoms with Crippen LogP contribution in [0.25, 0.3) is 0 Å². The number of benzene rings is 1. The molecule has 1 saturated heterocycles. The number of hydrogen-bond acceptors (Lipinski definition) is 5. The highest BCUT2D eigenvalue weighted by Crippen LogP contribution is 2.23. The highest BCUT2D eigenvalue weighted by atomic mass is 32.1. The fraction of sp³-hybridized carbons (Fsp3) is 0.353. The Morgan fingerprint density at radius 3 is 2.84 bits per heavy atom. The SMILES string of the molecule is Cc1csc(=O)n1CC(=O)NC(C)c1cccc(N2CCOC2=O)c1. The summed E-state index contributed by atoms with van der Waals surface area (Å²) in [5.74, 6) is -0.234. The molecule has 1 unspecified atom stereocenters. The number of aromatic nitrogens is 1. The molecule has 1 atom stereocenters. The molecule has 0 aliphatic carbocycles. The zero-order valence-corrected chi connectivity index (χ0v) is 14.8. The van der Waals surface area contributed by atoms with Crippen LogP contribution in [0.1, 0.15) is 24.2 Å². The number of cyclic esters (lactones) is 1. The van der Waals surface area contributed by atoms with E-state index >= 15 is 0 Å². The second kappa shape index (κ2) is 7.10. The number of nitrogens with one attached hydrogen (secondary N) is 1. The number of nitrogens with zero attached hydrogens (tertiary/aromatic N) is 2. The lowest BCUT2D eigenvalue weighted by Gasteiger charge is -2.18. The highest BCUT2D eigenvalue weighted by molar-refractivity contribution is 7.07. The van der Waals surface area contributed by atoms with Crippen molar-refractivity contribution in [3.63, 3.8) is 0 Å². The Bertz CT molecular complexity index is 858. The van der Waals surface area contributed by atoms with Crippen LogP contribution in [0.2, 0.25) is 0 Å². The average molecular weight is 361 g/mol. The van der Waals surface area contributed by atoms with E-state index in [0.717, 1.165) is 28.3 Å². The molecule has 1 aromatic carbocycles. The van der Waals surface area contributed by atoms with E-state index in [0.29, 0.717) is 13.2 Å². The van der Waals surface area contributed by atoms with Crippen LogP contribution in [0.3, 0.4) is 0 Å². The lowest BCUT2D eigenvalue weighted by atomic mass is 10.1. The minimum atomic E-state index is -0.360. The van der Waals surface area contributed by atoms with Gasteiger partial charge < -0.3 is 10.1 Å². The van der Waals surface area contributed by atoms with Crippen LogP contribution in [-0.4, -0.2) is 29.7 Å². The summed E-state index contributed by atoms with van der Waals surface area (Å²) in [6.07, 6.45) is -0.360. The highest BCUT2D eigenvalue weighted by Gasteiger charge is 2.24. The van der Waals surface area contributed by atoms with Crippen molar-refractivity contribution in [2.45, 2.75) is 26.4 Å². The molecule has 1 fully saturated rings. The van der Waals surface area contributed by atoms with Gasteiger partial charge in [0.25, 0.3) is 0 Å². The van der Waals surface area contributed by atoms with Gasteiger partial charge in [-0.15, -0.1) is 0 Å². The average Bonchev–Trinajstić information content (AvgIpc) is 3.15. The Morgan fingerprint density at radius 1 is 1.40 bits per heavy atom. The molecule has 1 aromatic heterocycles. The predicted octanol–water partition coefficient (Wildman–Crippen LogP) is 2.05. The van der Waals surface area contributed by atoms with E-state index in [4.69, 9.17) is 4.74 Å². The Kier molecular flexibility index (Phi) is 4.89. The molecule has 7 nitrogen and oxygen atoms in total. The van der Waals surface area contributed by atoms with Crippen LogP contribution in [-0.2, 0) is 16.1 Å². The van der Waals surface area contributed by atoms with Gasteiger partial charge in [0.2, 0.25) is 5.91 Å². The first-order valence-corrected chi connectivity index (χ1v) is 8.82. The first-order chi connectivity index (χ1) is 12.0. The summed E-state index contributed by atoms with van der Waals surface area (Å²) in [6, 6.07) is 7.17. The molecular weight excluding hydrogens is 342 g/mol. The van der Waals surface area contributed by atoms with E-state index in [9.17, 15) is 14.4 Å². The third-order valence-corrected chi connectivity index (χ3v) is 4.98. The smallest absolute Gasteiger partial charge is 0.414 e. The maximum atomic E-state index is 12.2. The van der Waals surface area contributed by atoms with Crippen molar-refractivity contribution in [3.8, 4) is 0 Å². The van der Waals surface area contributed by atoms with Gasteiger partial charge in [-0.05, 0) is 31.5 Å². The zero-order chi connectivity index (χ0) is 18.0. The van der Waals surface area contributed by atoms with Crippen LogP contribution in [0.15, 0.2) is 34.4 Å². The number of thiazole rings is 1. The zero-order valence-electron chi connectivity index (χ0n) is 14.0. The van der Waals surface area contributed by atoms with E-state index in [-0.39, 0.29) is 29.5 Å². The molecule has 2 heterocycles. The molecule has 1 aliphatic rings. The van der Waals surface area contributed by atoms with E-state index in [1.807, 2.05) is 31.2 Å². The Morgan fingerprint density at radius 2 is 2.20 bits per heavy atom. The summed E-state index contributed by atoms with van der Waals surface area (Å²) in [4.78, 5) is 37.0. The van der Waals surface area contributed by atoms with Crippen LogP contribution in [0.4, 0.5) is 10.5 Å². The molecule has 1 aliphatic heterocycles. The van der Waals surface area contributed by atoms with E-state index in [1.165, 1.54) is 4.57 Å². The molecule has 132 valence electrons. The van der Waals surface area contributed by atoms with Gasteiger partial charge in [-0.1, -0.05) is 23.5 Å². The number of ether oxygens (including phenoxy) is 1. The largest absolute Gasteiger partial charge is 0.447 e. The maximum Gasteiger partial charge on any atom is 0.414 e. The molecular formula is C17H19N3O4S. The standard InChI is InChI=1S/C17H19N3O4S/c1-11-10-25-17(23)20(11)9-15(21)18-12(2)13-4-3-5-14(8-13)19-6-7-24-16(19)22/h3-5,8,10,12H,6-7,9H2,1-2H3,(H,18,21). The second-order valence-electron chi connectivity index (χ2n) is 5.88. The van der Waals surface area contributed by atoms with Crippen LogP contribution >= 0.6 is 11.3 Å². The number of amides is 2. The number of anilines is 1.